The number of benzene rings is 2. The molecule has 126 valence electrons. The highest BCUT2D eigenvalue weighted by Crippen LogP contribution is 2.36. The Morgan fingerprint density at radius 1 is 1.12 bits per heavy atom. The molecule has 0 bridgehead atoms. The molecule has 2 amide bonds. The first kappa shape index (κ1) is 18.4. The van der Waals surface area contributed by atoms with Crippen LogP contribution in [0.25, 0.3) is 6.08 Å². The van der Waals surface area contributed by atoms with Crippen LogP contribution in [0.15, 0.2) is 53.1 Å². The van der Waals surface area contributed by atoms with Crippen LogP contribution in [0.4, 0.5) is 23.7 Å². The summed E-state index contributed by atoms with van der Waals surface area (Å²) in [5, 5.41) is 4.29. The first-order valence-electron chi connectivity index (χ1n) is 6.62. The van der Waals surface area contributed by atoms with Crippen molar-refractivity contribution in [3.8, 4) is 0 Å². The third-order valence-electron chi connectivity index (χ3n) is 2.89. The fraction of sp³-hybridized carbons (Fsp3) is 0.0625. The fourth-order valence-electron chi connectivity index (χ4n) is 1.77. The van der Waals surface area contributed by atoms with Gasteiger partial charge in [-0.15, -0.1) is 0 Å². The summed E-state index contributed by atoms with van der Waals surface area (Å²) < 4.78 is 39.2. The molecule has 0 radical (unpaired) electrons. The Morgan fingerprint density at radius 2 is 1.79 bits per heavy atom. The molecule has 24 heavy (non-hydrogen) atoms. The van der Waals surface area contributed by atoms with Crippen molar-refractivity contribution >= 4 is 45.3 Å². The third kappa shape index (κ3) is 5.28. The first-order valence-corrected chi connectivity index (χ1v) is 7.79. The van der Waals surface area contributed by atoms with Gasteiger partial charge in [-0.3, -0.25) is 0 Å². The lowest BCUT2D eigenvalue weighted by Gasteiger charge is -2.11. The van der Waals surface area contributed by atoms with Crippen LogP contribution in [0.3, 0.4) is 0 Å². The van der Waals surface area contributed by atoms with Gasteiger partial charge in [-0.2, -0.15) is 13.2 Å². The Balaban J connectivity index is 1.98. The molecule has 8 heteroatoms. The summed E-state index contributed by atoms with van der Waals surface area (Å²) >= 11 is 8.82. The number of anilines is 1. The van der Waals surface area contributed by atoms with Gasteiger partial charge in [0.1, 0.15) is 0 Å². The van der Waals surface area contributed by atoms with Gasteiger partial charge >= 0.3 is 12.2 Å². The van der Waals surface area contributed by atoms with E-state index in [2.05, 4.69) is 26.6 Å². The standard InChI is InChI=1S/C16H11BrClF3N2O/c17-11-3-1-10(2-4-11)7-8-22-15(24)23-12-5-6-14(18)13(9-12)16(19,20)21/h1-9H,(H2,22,23,24)/b8-7+. The molecule has 2 aromatic rings. The number of hydrogen-bond acceptors (Lipinski definition) is 1. The maximum atomic E-state index is 12.8. The minimum absolute atomic E-state index is 0.0127. The number of halogens is 5. The van der Waals surface area contributed by atoms with Crippen molar-refractivity contribution in [2.45, 2.75) is 6.18 Å². The van der Waals surface area contributed by atoms with E-state index < -0.39 is 22.8 Å². The van der Waals surface area contributed by atoms with Crippen LogP contribution in [0, 0.1) is 0 Å². The lowest BCUT2D eigenvalue weighted by Crippen LogP contribution is -2.24. The largest absolute Gasteiger partial charge is 0.417 e. The summed E-state index contributed by atoms with van der Waals surface area (Å²) in [5.74, 6) is 0. The zero-order valence-electron chi connectivity index (χ0n) is 12.0. The van der Waals surface area contributed by atoms with E-state index in [1.54, 1.807) is 6.08 Å². The number of urea groups is 1. The molecule has 0 aliphatic heterocycles. The van der Waals surface area contributed by atoms with Crippen molar-refractivity contribution in [3.05, 3.63) is 69.3 Å². The normalized spacial score (nSPS) is 11.5. The second kappa shape index (κ2) is 7.72. The minimum atomic E-state index is -4.59. The van der Waals surface area contributed by atoms with Gasteiger partial charge in [0.05, 0.1) is 10.6 Å². The molecule has 0 unspecified atom stereocenters. The minimum Gasteiger partial charge on any atom is -0.314 e. The molecular formula is C16H11BrClF3N2O. The summed E-state index contributed by atoms with van der Waals surface area (Å²) in [7, 11) is 0. The molecule has 0 atom stereocenters. The summed E-state index contributed by atoms with van der Waals surface area (Å²) in [6.45, 7) is 0. The van der Waals surface area contributed by atoms with E-state index in [1.807, 2.05) is 24.3 Å². The summed E-state index contributed by atoms with van der Waals surface area (Å²) in [4.78, 5) is 11.7. The van der Waals surface area contributed by atoms with Gasteiger partial charge in [-0.1, -0.05) is 39.7 Å². The van der Waals surface area contributed by atoms with Crippen LogP contribution < -0.4 is 10.6 Å². The van der Waals surface area contributed by atoms with Crippen LogP contribution in [-0.2, 0) is 6.18 Å². The lowest BCUT2D eigenvalue weighted by atomic mass is 10.2. The van der Waals surface area contributed by atoms with Gasteiger partial charge in [-0.05, 0) is 42.0 Å². The first-order chi connectivity index (χ1) is 11.3. The van der Waals surface area contributed by atoms with E-state index in [1.165, 1.54) is 12.3 Å². The third-order valence-corrected chi connectivity index (χ3v) is 3.75. The van der Waals surface area contributed by atoms with Gasteiger partial charge in [0.15, 0.2) is 0 Å². The topological polar surface area (TPSA) is 41.1 Å². The van der Waals surface area contributed by atoms with E-state index in [-0.39, 0.29) is 5.69 Å². The molecule has 2 N–H and O–H groups in total. The van der Waals surface area contributed by atoms with E-state index in [9.17, 15) is 18.0 Å². The monoisotopic (exact) mass is 418 g/mol. The Morgan fingerprint density at radius 3 is 2.42 bits per heavy atom. The summed E-state index contributed by atoms with van der Waals surface area (Å²) in [5.41, 5.74) is -0.169. The van der Waals surface area contributed by atoms with E-state index in [4.69, 9.17) is 11.6 Å². The number of carbonyl (C=O) groups excluding carboxylic acids is 1. The van der Waals surface area contributed by atoms with Crippen molar-refractivity contribution < 1.29 is 18.0 Å². The molecule has 2 aromatic carbocycles. The number of rotatable bonds is 3. The number of alkyl halides is 3. The molecule has 0 fully saturated rings. The van der Waals surface area contributed by atoms with Crippen LogP contribution in [0.2, 0.25) is 5.02 Å². The zero-order chi connectivity index (χ0) is 17.7. The summed E-state index contributed by atoms with van der Waals surface area (Å²) in [6, 6.07) is 9.81. The second-order valence-corrected chi connectivity index (χ2v) is 6.00. The molecule has 0 saturated carbocycles. The van der Waals surface area contributed by atoms with Crippen molar-refractivity contribution in [2.24, 2.45) is 0 Å². The molecule has 2 rings (SSSR count). The molecule has 0 aliphatic rings. The predicted octanol–water partition coefficient (Wildman–Crippen LogP) is 5.91. The van der Waals surface area contributed by atoms with Gasteiger partial charge in [0.25, 0.3) is 0 Å². The number of carbonyl (C=O) groups is 1. The molecular weight excluding hydrogens is 409 g/mol. The summed E-state index contributed by atoms with van der Waals surface area (Å²) in [6.07, 6.45) is -1.55. The van der Waals surface area contributed by atoms with Crippen LogP contribution >= 0.6 is 27.5 Å². The Kier molecular flexibility index (Phi) is 5.90. The SMILES string of the molecule is O=C(N/C=C/c1ccc(Br)cc1)Nc1ccc(Cl)c(C(F)(F)F)c1. The Hall–Kier alpha value is -1.99. The van der Waals surface area contributed by atoms with E-state index in [0.29, 0.717) is 0 Å². The number of nitrogens with one attached hydrogen (secondary N) is 2. The van der Waals surface area contributed by atoms with Crippen LogP contribution in [-0.4, -0.2) is 6.03 Å². The van der Waals surface area contributed by atoms with Crippen LogP contribution in [0.5, 0.6) is 0 Å². The smallest absolute Gasteiger partial charge is 0.314 e. The number of hydrogen-bond donors (Lipinski definition) is 2. The van der Waals surface area contributed by atoms with E-state index >= 15 is 0 Å². The quantitative estimate of drug-likeness (QED) is 0.637. The van der Waals surface area contributed by atoms with Crippen LogP contribution in [0.1, 0.15) is 11.1 Å². The maximum absolute atomic E-state index is 12.8. The maximum Gasteiger partial charge on any atom is 0.417 e. The van der Waals surface area contributed by atoms with Gasteiger partial charge < -0.3 is 10.6 Å². The zero-order valence-corrected chi connectivity index (χ0v) is 14.3. The lowest BCUT2D eigenvalue weighted by molar-refractivity contribution is -0.137. The average molecular weight is 420 g/mol. The van der Waals surface area contributed by atoms with Crippen molar-refractivity contribution in [1.29, 1.82) is 0 Å². The molecule has 0 aromatic heterocycles. The van der Waals surface area contributed by atoms with Crippen molar-refractivity contribution in [1.82, 2.24) is 5.32 Å². The molecule has 0 heterocycles. The number of amides is 2. The molecule has 0 spiro atoms. The van der Waals surface area contributed by atoms with E-state index in [0.717, 1.165) is 22.2 Å². The second-order valence-electron chi connectivity index (χ2n) is 4.68. The highest BCUT2D eigenvalue weighted by Gasteiger charge is 2.33. The molecule has 0 aliphatic carbocycles. The fourth-order valence-corrected chi connectivity index (χ4v) is 2.26. The van der Waals surface area contributed by atoms with Crippen molar-refractivity contribution in [3.63, 3.8) is 0 Å². The highest BCUT2D eigenvalue weighted by molar-refractivity contribution is 9.10. The van der Waals surface area contributed by atoms with Gasteiger partial charge in [-0.25, -0.2) is 4.79 Å². The predicted molar refractivity (Wildman–Crippen MR) is 91.8 cm³/mol. The molecule has 0 saturated heterocycles. The van der Waals surface area contributed by atoms with Crippen molar-refractivity contribution in [2.75, 3.05) is 5.32 Å². The van der Waals surface area contributed by atoms with Gasteiger partial charge in [0, 0.05) is 16.4 Å². The Labute approximate surface area is 149 Å². The van der Waals surface area contributed by atoms with Gasteiger partial charge in [0.2, 0.25) is 0 Å². The average Bonchev–Trinajstić information content (AvgIpc) is 2.50. The molecule has 3 nitrogen and oxygen atoms in total. The highest BCUT2D eigenvalue weighted by atomic mass is 79.9. The Bertz CT molecular complexity index is 761.